The van der Waals surface area contributed by atoms with Crippen LogP contribution in [0.3, 0.4) is 0 Å². The molecular weight excluding hydrogens is 380 g/mol. The molecule has 0 atom stereocenters. The van der Waals surface area contributed by atoms with E-state index in [9.17, 15) is 14.4 Å². The standard InChI is InChI=1S/C23H22N4O3/c1-26-15-13-24-22(26)21(29)16-5-9-18(10-6-16)25-23(30)17-7-11-19(12-8-17)27-14-3-2-4-20(27)28/h5-13,15H,2-4,14H2,1H3,(H,25,30). The van der Waals surface area contributed by atoms with Crippen molar-refractivity contribution in [3.63, 3.8) is 0 Å². The molecule has 1 aliphatic heterocycles. The van der Waals surface area contributed by atoms with Crippen LogP contribution in [-0.4, -0.2) is 33.7 Å². The van der Waals surface area contributed by atoms with Gasteiger partial charge in [0.2, 0.25) is 11.7 Å². The summed E-state index contributed by atoms with van der Waals surface area (Å²) in [5.41, 5.74) is 2.40. The molecule has 0 unspecified atom stereocenters. The minimum Gasteiger partial charge on any atom is -0.331 e. The average molecular weight is 402 g/mol. The Hall–Kier alpha value is -3.74. The molecule has 1 aliphatic rings. The number of anilines is 2. The summed E-state index contributed by atoms with van der Waals surface area (Å²) < 4.78 is 1.67. The van der Waals surface area contributed by atoms with Crippen molar-refractivity contribution in [2.75, 3.05) is 16.8 Å². The predicted molar refractivity (Wildman–Crippen MR) is 114 cm³/mol. The Morgan fingerprint density at radius 1 is 0.967 bits per heavy atom. The fourth-order valence-corrected chi connectivity index (χ4v) is 3.49. The number of benzene rings is 2. The van der Waals surface area contributed by atoms with E-state index in [4.69, 9.17) is 0 Å². The first-order chi connectivity index (χ1) is 14.5. The van der Waals surface area contributed by atoms with Crippen LogP contribution < -0.4 is 10.2 Å². The number of nitrogens with one attached hydrogen (secondary N) is 1. The highest BCUT2D eigenvalue weighted by atomic mass is 16.2. The summed E-state index contributed by atoms with van der Waals surface area (Å²) >= 11 is 0. The van der Waals surface area contributed by atoms with Crippen LogP contribution >= 0.6 is 0 Å². The van der Waals surface area contributed by atoms with Gasteiger partial charge in [-0.3, -0.25) is 14.4 Å². The van der Waals surface area contributed by atoms with E-state index in [0.29, 0.717) is 35.6 Å². The smallest absolute Gasteiger partial charge is 0.255 e. The number of piperidine rings is 1. The topological polar surface area (TPSA) is 84.3 Å². The second-order valence-corrected chi connectivity index (χ2v) is 7.27. The fraction of sp³-hybridized carbons (Fsp3) is 0.217. The Morgan fingerprint density at radius 3 is 2.30 bits per heavy atom. The Balaban J connectivity index is 1.42. The molecule has 2 heterocycles. The molecule has 7 heteroatoms. The largest absolute Gasteiger partial charge is 0.331 e. The van der Waals surface area contributed by atoms with Crippen molar-refractivity contribution in [3.8, 4) is 0 Å². The number of aromatic nitrogens is 2. The summed E-state index contributed by atoms with van der Waals surface area (Å²) in [6.07, 6.45) is 5.79. The van der Waals surface area contributed by atoms with E-state index in [1.54, 1.807) is 77.4 Å². The molecule has 0 aliphatic carbocycles. The van der Waals surface area contributed by atoms with Crippen LogP contribution in [0, 0.1) is 0 Å². The first-order valence-corrected chi connectivity index (χ1v) is 9.87. The van der Waals surface area contributed by atoms with Crippen molar-refractivity contribution in [3.05, 3.63) is 77.9 Å². The van der Waals surface area contributed by atoms with Gasteiger partial charge < -0.3 is 14.8 Å². The summed E-state index contributed by atoms with van der Waals surface area (Å²) in [6.45, 7) is 0.716. The van der Waals surface area contributed by atoms with Gasteiger partial charge in [0.15, 0.2) is 5.82 Å². The van der Waals surface area contributed by atoms with Crippen LogP contribution in [0.4, 0.5) is 11.4 Å². The first kappa shape index (κ1) is 19.6. The van der Waals surface area contributed by atoms with Crippen LogP contribution in [0.5, 0.6) is 0 Å². The third-order valence-corrected chi connectivity index (χ3v) is 5.19. The number of amides is 2. The zero-order chi connectivity index (χ0) is 21.1. The third-order valence-electron chi connectivity index (χ3n) is 5.19. The lowest BCUT2D eigenvalue weighted by molar-refractivity contribution is -0.119. The number of ketones is 1. The highest BCUT2D eigenvalue weighted by Gasteiger charge is 2.20. The van der Waals surface area contributed by atoms with Gasteiger partial charge in [0.05, 0.1) is 0 Å². The van der Waals surface area contributed by atoms with E-state index in [1.165, 1.54) is 0 Å². The summed E-state index contributed by atoms with van der Waals surface area (Å²) in [5.74, 6) is 0.0515. The number of hydrogen-bond acceptors (Lipinski definition) is 4. The number of carbonyl (C=O) groups excluding carboxylic acids is 3. The number of rotatable bonds is 5. The molecule has 2 amide bonds. The van der Waals surface area contributed by atoms with Crippen molar-refractivity contribution in [1.29, 1.82) is 0 Å². The van der Waals surface area contributed by atoms with Crippen molar-refractivity contribution in [1.82, 2.24) is 9.55 Å². The van der Waals surface area contributed by atoms with Crippen LogP contribution in [0.2, 0.25) is 0 Å². The van der Waals surface area contributed by atoms with Gasteiger partial charge in [0, 0.05) is 54.9 Å². The molecule has 7 nitrogen and oxygen atoms in total. The molecule has 0 bridgehead atoms. The van der Waals surface area contributed by atoms with E-state index < -0.39 is 0 Å². The van der Waals surface area contributed by atoms with Crippen LogP contribution in [-0.2, 0) is 11.8 Å². The Kier molecular flexibility index (Phi) is 5.43. The number of carbonyl (C=O) groups is 3. The molecule has 2 aromatic carbocycles. The molecule has 152 valence electrons. The van der Waals surface area contributed by atoms with E-state index in [1.807, 2.05) is 0 Å². The van der Waals surface area contributed by atoms with Gasteiger partial charge >= 0.3 is 0 Å². The number of hydrogen-bond donors (Lipinski definition) is 1. The van der Waals surface area contributed by atoms with E-state index in [2.05, 4.69) is 10.3 Å². The average Bonchev–Trinajstić information content (AvgIpc) is 3.20. The number of imidazole rings is 1. The van der Waals surface area contributed by atoms with Crippen molar-refractivity contribution < 1.29 is 14.4 Å². The molecule has 30 heavy (non-hydrogen) atoms. The minimum atomic E-state index is -0.255. The molecule has 0 saturated carbocycles. The first-order valence-electron chi connectivity index (χ1n) is 9.87. The lowest BCUT2D eigenvalue weighted by atomic mass is 10.1. The molecule has 1 fully saturated rings. The van der Waals surface area contributed by atoms with Gasteiger partial charge in [0.1, 0.15) is 0 Å². The number of aryl methyl sites for hydroxylation is 1. The lowest BCUT2D eigenvalue weighted by Crippen LogP contribution is -2.35. The quantitative estimate of drug-likeness (QED) is 0.663. The zero-order valence-corrected chi connectivity index (χ0v) is 16.7. The molecule has 1 saturated heterocycles. The minimum absolute atomic E-state index is 0.124. The third kappa shape index (κ3) is 4.00. The van der Waals surface area contributed by atoms with Crippen molar-refractivity contribution >= 4 is 29.0 Å². The Morgan fingerprint density at radius 2 is 1.67 bits per heavy atom. The van der Waals surface area contributed by atoms with Gasteiger partial charge in [-0.1, -0.05) is 0 Å². The molecule has 1 aromatic heterocycles. The monoisotopic (exact) mass is 402 g/mol. The van der Waals surface area contributed by atoms with Gasteiger partial charge in [-0.25, -0.2) is 4.98 Å². The summed E-state index contributed by atoms with van der Waals surface area (Å²) in [4.78, 5) is 42.9. The van der Waals surface area contributed by atoms with Crippen LogP contribution in [0.15, 0.2) is 60.9 Å². The maximum absolute atomic E-state index is 12.5. The van der Waals surface area contributed by atoms with Crippen molar-refractivity contribution in [2.45, 2.75) is 19.3 Å². The summed E-state index contributed by atoms with van der Waals surface area (Å²) in [5, 5.41) is 2.83. The SMILES string of the molecule is Cn1ccnc1C(=O)c1ccc(NC(=O)c2ccc(N3CCCCC3=O)cc2)cc1. The summed E-state index contributed by atoms with van der Waals surface area (Å²) in [7, 11) is 1.77. The fourth-order valence-electron chi connectivity index (χ4n) is 3.49. The second kappa shape index (κ2) is 8.32. The number of nitrogens with zero attached hydrogens (tertiary/aromatic N) is 3. The van der Waals surface area contributed by atoms with Crippen LogP contribution in [0.1, 0.15) is 45.8 Å². The lowest BCUT2D eigenvalue weighted by Gasteiger charge is -2.26. The van der Waals surface area contributed by atoms with Crippen molar-refractivity contribution in [2.24, 2.45) is 7.05 Å². The van der Waals surface area contributed by atoms with Gasteiger partial charge in [0.25, 0.3) is 5.91 Å². The highest BCUT2D eigenvalue weighted by Crippen LogP contribution is 2.22. The predicted octanol–water partition coefficient (Wildman–Crippen LogP) is 3.42. The van der Waals surface area contributed by atoms with Crippen LogP contribution in [0.25, 0.3) is 0 Å². The van der Waals surface area contributed by atoms with Gasteiger partial charge in [-0.2, -0.15) is 0 Å². The second-order valence-electron chi connectivity index (χ2n) is 7.27. The molecule has 1 N–H and O–H groups in total. The molecule has 3 aromatic rings. The maximum atomic E-state index is 12.5. The normalized spacial score (nSPS) is 13.9. The highest BCUT2D eigenvalue weighted by molar-refractivity contribution is 6.08. The van der Waals surface area contributed by atoms with E-state index >= 15 is 0 Å². The van der Waals surface area contributed by atoms with E-state index in [0.717, 1.165) is 18.5 Å². The molecular formula is C23H22N4O3. The Labute approximate surface area is 174 Å². The molecule has 0 spiro atoms. The van der Waals surface area contributed by atoms with E-state index in [-0.39, 0.29) is 17.6 Å². The van der Waals surface area contributed by atoms with Gasteiger partial charge in [-0.05, 0) is 61.4 Å². The zero-order valence-electron chi connectivity index (χ0n) is 16.7. The van der Waals surface area contributed by atoms with Gasteiger partial charge in [-0.15, -0.1) is 0 Å². The molecule has 4 rings (SSSR count). The Bertz CT molecular complexity index is 1080. The maximum Gasteiger partial charge on any atom is 0.255 e. The molecule has 0 radical (unpaired) electrons. The summed E-state index contributed by atoms with van der Waals surface area (Å²) in [6, 6.07) is 13.7.